The van der Waals surface area contributed by atoms with Crippen molar-refractivity contribution < 1.29 is 27.4 Å². The summed E-state index contributed by atoms with van der Waals surface area (Å²) in [6.07, 6.45) is 0.349. The number of hydrogen-bond acceptors (Lipinski definition) is 5. The summed E-state index contributed by atoms with van der Waals surface area (Å²) < 4.78 is 36.7. The van der Waals surface area contributed by atoms with Crippen LogP contribution in [0.5, 0.6) is 5.75 Å². The molecule has 1 atom stereocenters. The minimum Gasteiger partial charge on any atom is -0.449 e. The van der Waals surface area contributed by atoms with Gasteiger partial charge in [-0.05, 0) is 12.1 Å². The first kappa shape index (κ1) is 15.8. The Morgan fingerprint density at radius 2 is 1.71 bits per heavy atom. The predicted octanol–water partition coefficient (Wildman–Crippen LogP) is 0.427. The van der Waals surface area contributed by atoms with E-state index in [0.29, 0.717) is 12.2 Å². The first-order chi connectivity index (χ1) is 7.64. The van der Waals surface area contributed by atoms with E-state index in [2.05, 4.69) is 0 Å². The van der Waals surface area contributed by atoms with E-state index in [1.807, 2.05) is 18.2 Å². The molecule has 0 spiro atoms. The van der Waals surface area contributed by atoms with Crippen LogP contribution in [-0.2, 0) is 10.4 Å². The highest BCUT2D eigenvalue weighted by Gasteiger charge is 2.19. The number of nitrogens with two attached hydrogens (primary N) is 1. The van der Waals surface area contributed by atoms with Crippen LogP contribution in [0.1, 0.15) is 13.3 Å². The van der Waals surface area contributed by atoms with Crippen molar-refractivity contribution in [3.8, 4) is 5.75 Å². The molecule has 0 bridgehead atoms. The molecule has 1 aromatic carbocycles. The molecule has 0 radical (unpaired) electrons. The molecule has 1 unspecified atom stereocenters. The second kappa shape index (κ2) is 6.52. The molecule has 1 rings (SSSR count). The first-order valence-corrected chi connectivity index (χ1v) is 5.99. The van der Waals surface area contributed by atoms with Gasteiger partial charge >= 0.3 is 10.4 Å². The summed E-state index contributed by atoms with van der Waals surface area (Å²) >= 11 is 0. The molecule has 0 saturated heterocycles. The maximum absolute atomic E-state index is 9.33. The molecular weight excluding hydrogens is 250 g/mol. The molecule has 0 amide bonds. The molecule has 0 heterocycles. The van der Waals surface area contributed by atoms with E-state index in [-0.39, 0.29) is 0 Å². The number of benzene rings is 1. The molecule has 98 valence electrons. The SMILES string of the molecule is CCC(N)(O)Oc1ccccc1.O=S(=O)(O)O. The zero-order valence-electron chi connectivity index (χ0n) is 9.15. The lowest BCUT2D eigenvalue weighted by Gasteiger charge is -2.22. The van der Waals surface area contributed by atoms with Crippen LogP contribution in [0.15, 0.2) is 30.3 Å². The molecule has 0 aromatic heterocycles. The molecule has 17 heavy (non-hydrogen) atoms. The van der Waals surface area contributed by atoms with Gasteiger partial charge in [-0.3, -0.25) is 14.8 Å². The van der Waals surface area contributed by atoms with Crippen molar-refractivity contribution in [2.75, 3.05) is 0 Å². The van der Waals surface area contributed by atoms with Gasteiger partial charge in [0.1, 0.15) is 5.75 Å². The molecule has 0 aliphatic rings. The lowest BCUT2D eigenvalue weighted by molar-refractivity contribution is -0.134. The van der Waals surface area contributed by atoms with Crippen molar-refractivity contribution >= 4 is 10.4 Å². The Morgan fingerprint density at radius 1 is 1.29 bits per heavy atom. The van der Waals surface area contributed by atoms with Gasteiger partial charge in [0, 0.05) is 6.42 Å². The molecular formula is C9H15NO6S. The van der Waals surface area contributed by atoms with E-state index in [1.54, 1.807) is 19.1 Å². The Balaban J connectivity index is 0.000000437. The average Bonchev–Trinajstić information content (AvgIpc) is 2.16. The molecule has 1 aromatic rings. The van der Waals surface area contributed by atoms with E-state index < -0.39 is 16.3 Å². The third kappa shape index (κ3) is 11.1. The number of hydrogen-bond donors (Lipinski definition) is 4. The van der Waals surface area contributed by atoms with Gasteiger partial charge in [-0.25, -0.2) is 0 Å². The van der Waals surface area contributed by atoms with E-state index in [4.69, 9.17) is 28.0 Å². The highest BCUT2D eigenvalue weighted by molar-refractivity contribution is 7.79. The summed E-state index contributed by atoms with van der Waals surface area (Å²) in [5.74, 6) is -0.981. The molecule has 8 heteroatoms. The van der Waals surface area contributed by atoms with E-state index in [0.717, 1.165) is 0 Å². The topological polar surface area (TPSA) is 130 Å². The highest BCUT2D eigenvalue weighted by atomic mass is 32.3. The van der Waals surface area contributed by atoms with Crippen LogP contribution in [-0.4, -0.2) is 28.5 Å². The monoisotopic (exact) mass is 265 g/mol. The Hall–Kier alpha value is -1.19. The summed E-state index contributed by atoms with van der Waals surface area (Å²) in [6.45, 7) is 1.75. The standard InChI is InChI=1S/C9H13NO2.H2O4S/c1-2-9(10,11)12-8-6-4-3-5-7-8;1-5(2,3)4/h3-7,11H,2,10H2,1H3;(H2,1,2,3,4). The maximum Gasteiger partial charge on any atom is 0.394 e. The molecule has 0 saturated carbocycles. The van der Waals surface area contributed by atoms with Crippen molar-refractivity contribution in [2.24, 2.45) is 5.73 Å². The van der Waals surface area contributed by atoms with Gasteiger partial charge in [0.15, 0.2) is 0 Å². The quantitative estimate of drug-likeness (QED) is 0.460. The predicted molar refractivity (Wildman–Crippen MR) is 60.7 cm³/mol. The zero-order chi connectivity index (χ0) is 13.5. The maximum atomic E-state index is 9.33. The Morgan fingerprint density at radius 3 is 2.06 bits per heavy atom. The lowest BCUT2D eigenvalue weighted by atomic mass is 10.3. The smallest absolute Gasteiger partial charge is 0.394 e. The molecule has 0 fully saturated rings. The van der Waals surface area contributed by atoms with Crippen molar-refractivity contribution in [2.45, 2.75) is 19.3 Å². The van der Waals surface area contributed by atoms with Crippen molar-refractivity contribution in [1.29, 1.82) is 0 Å². The second-order valence-electron chi connectivity index (χ2n) is 3.06. The van der Waals surface area contributed by atoms with Gasteiger partial charge in [0.25, 0.3) is 5.91 Å². The van der Waals surface area contributed by atoms with Gasteiger partial charge in [-0.1, -0.05) is 25.1 Å². The van der Waals surface area contributed by atoms with Gasteiger partial charge in [-0.15, -0.1) is 0 Å². The number of aliphatic hydroxyl groups is 1. The van der Waals surface area contributed by atoms with Crippen molar-refractivity contribution in [3.05, 3.63) is 30.3 Å². The fraction of sp³-hybridized carbons (Fsp3) is 0.333. The minimum absolute atomic E-state index is 0.349. The van der Waals surface area contributed by atoms with Crippen LogP contribution >= 0.6 is 0 Å². The van der Waals surface area contributed by atoms with Crippen molar-refractivity contribution in [1.82, 2.24) is 0 Å². The largest absolute Gasteiger partial charge is 0.449 e. The van der Waals surface area contributed by atoms with E-state index in [1.165, 1.54) is 0 Å². The fourth-order valence-electron chi connectivity index (χ4n) is 0.765. The molecule has 5 N–H and O–H groups in total. The third-order valence-corrected chi connectivity index (χ3v) is 1.54. The lowest BCUT2D eigenvalue weighted by Crippen LogP contribution is -2.44. The van der Waals surface area contributed by atoms with Crippen LogP contribution in [0.2, 0.25) is 0 Å². The van der Waals surface area contributed by atoms with Crippen LogP contribution in [0.25, 0.3) is 0 Å². The Labute approximate surface area is 99.4 Å². The number of ether oxygens (including phenoxy) is 1. The molecule has 7 nitrogen and oxygen atoms in total. The summed E-state index contributed by atoms with van der Waals surface area (Å²) in [4.78, 5) is 0. The summed E-state index contributed by atoms with van der Waals surface area (Å²) in [7, 11) is -4.67. The number of para-hydroxylation sites is 1. The summed E-state index contributed by atoms with van der Waals surface area (Å²) in [6, 6.07) is 9.00. The number of rotatable bonds is 3. The van der Waals surface area contributed by atoms with Crippen LogP contribution in [0.4, 0.5) is 0 Å². The first-order valence-electron chi connectivity index (χ1n) is 4.59. The van der Waals surface area contributed by atoms with Crippen LogP contribution < -0.4 is 10.5 Å². The second-order valence-corrected chi connectivity index (χ2v) is 3.96. The van der Waals surface area contributed by atoms with Crippen molar-refractivity contribution in [3.63, 3.8) is 0 Å². The summed E-state index contributed by atoms with van der Waals surface area (Å²) in [5, 5.41) is 9.33. The van der Waals surface area contributed by atoms with Crippen LogP contribution in [0.3, 0.4) is 0 Å². The van der Waals surface area contributed by atoms with E-state index >= 15 is 0 Å². The van der Waals surface area contributed by atoms with E-state index in [9.17, 15) is 5.11 Å². The normalized spacial score (nSPS) is 14.2. The third-order valence-electron chi connectivity index (χ3n) is 1.54. The highest BCUT2D eigenvalue weighted by Crippen LogP contribution is 2.14. The van der Waals surface area contributed by atoms with Gasteiger partial charge in [-0.2, -0.15) is 8.42 Å². The molecule has 0 aliphatic heterocycles. The summed E-state index contributed by atoms with van der Waals surface area (Å²) in [5.41, 5.74) is 5.38. The molecule has 0 aliphatic carbocycles. The van der Waals surface area contributed by atoms with Gasteiger partial charge < -0.3 is 9.84 Å². The van der Waals surface area contributed by atoms with Crippen LogP contribution in [0, 0.1) is 0 Å². The zero-order valence-corrected chi connectivity index (χ0v) is 9.96. The Bertz CT molecular complexity index is 408. The van der Waals surface area contributed by atoms with Gasteiger partial charge in [0.05, 0.1) is 0 Å². The minimum atomic E-state index is -4.67. The fourth-order valence-corrected chi connectivity index (χ4v) is 0.765. The Kier molecular flexibility index (Phi) is 6.07. The van der Waals surface area contributed by atoms with Gasteiger partial charge in [0.2, 0.25) is 0 Å². The average molecular weight is 265 g/mol.